The fraction of sp³-hybridized carbons (Fsp3) is 0.444. The van der Waals surface area contributed by atoms with Crippen LogP contribution in [0.5, 0.6) is 0 Å². The quantitative estimate of drug-likeness (QED) is 0.630. The highest BCUT2D eigenvalue weighted by atomic mass is 32.2. The molecule has 2 N–H and O–H groups in total. The van der Waals surface area contributed by atoms with Gasteiger partial charge in [-0.2, -0.15) is 0 Å². The highest BCUT2D eigenvalue weighted by molar-refractivity contribution is 7.99. The number of aryl methyl sites for hydroxylation is 2. The molecule has 0 aromatic carbocycles. The van der Waals surface area contributed by atoms with Gasteiger partial charge in [-0.25, -0.2) is 9.97 Å². The Hall–Kier alpha value is -2.13. The molecule has 9 heteroatoms. The molecule has 1 amide bonds. The number of carbonyl (C=O) groups excluding carboxylic acids is 1. The van der Waals surface area contributed by atoms with E-state index in [9.17, 15) is 9.59 Å². The summed E-state index contributed by atoms with van der Waals surface area (Å²) in [6, 6.07) is 0.0232. The van der Waals surface area contributed by atoms with Crippen LogP contribution in [0.3, 0.4) is 0 Å². The molecular formula is C18H21N5O2S2. The molecule has 0 bridgehead atoms. The largest absolute Gasteiger partial charge is 0.351 e. The number of aromatic amines is 1. The van der Waals surface area contributed by atoms with Gasteiger partial charge in [0.2, 0.25) is 5.91 Å². The van der Waals surface area contributed by atoms with Gasteiger partial charge < -0.3 is 14.9 Å². The predicted octanol–water partition coefficient (Wildman–Crippen LogP) is 2.11. The molecule has 0 aliphatic heterocycles. The molecule has 3 aromatic heterocycles. The van der Waals surface area contributed by atoms with E-state index >= 15 is 0 Å². The number of aromatic nitrogens is 4. The lowest BCUT2D eigenvalue weighted by atomic mass is 10.2. The third kappa shape index (κ3) is 4.08. The zero-order chi connectivity index (χ0) is 18.8. The molecule has 3 heterocycles. The Kier molecular flexibility index (Phi) is 5.31. The van der Waals surface area contributed by atoms with E-state index in [0.717, 1.165) is 29.5 Å². The molecule has 27 heavy (non-hydrogen) atoms. The summed E-state index contributed by atoms with van der Waals surface area (Å²) in [6.45, 7) is 2.65. The van der Waals surface area contributed by atoms with Gasteiger partial charge in [-0.05, 0) is 31.7 Å². The predicted molar refractivity (Wildman–Crippen MR) is 108 cm³/mol. The molecule has 1 atom stereocenters. The maximum Gasteiger partial charge on any atom is 0.259 e. The summed E-state index contributed by atoms with van der Waals surface area (Å²) in [4.78, 5) is 38.2. The second kappa shape index (κ2) is 7.85. The number of imidazole rings is 1. The minimum absolute atomic E-state index is 0.0221. The second-order valence-corrected chi connectivity index (χ2v) is 8.84. The van der Waals surface area contributed by atoms with Crippen LogP contribution in [0.15, 0.2) is 23.5 Å². The van der Waals surface area contributed by atoms with E-state index in [1.54, 1.807) is 23.9 Å². The number of nitrogens with one attached hydrogen (secondary N) is 2. The Morgan fingerprint density at radius 1 is 1.48 bits per heavy atom. The summed E-state index contributed by atoms with van der Waals surface area (Å²) >= 11 is 3.09. The van der Waals surface area contributed by atoms with E-state index in [0.29, 0.717) is 23.9 Å². The van der Waals surface area contributed by atoms with E-state index in [2.05, 4.69) is 20.3 Å². The maximum atomic E-state index is 12.4. The van der Waals surface area contributed by atoms with Gasteiger partial charge in [-0.15, -0.1) is 23.1 Å². The molecule has 1 aliphatic carbocycles. The number of hydrogen-bond donors (Lipinski definition) is 2. The molecule has 0 saturated heterocycles. The number of carbonyl (C=O) groups is 1. The smallest absolute Gasteiger partial charge is 0.259 e. The number of thioether (sulfide) groups is 1. The Morgan fingerprint density at radius 3 is 3.19 bits per heavy atom. The maximum absolute atomic E-state index is 12.4. The highest BCUT2D eigenvalue weighted by Crippen LogP contribution is 2.34. The fourth-order valence-electron chi connectivity index (χ4n) is 3.43. The normalized spacial score (nSPS) is 14.4. The van der Waals surface area contributed by atoms with Crippen molar-refractivity contribution in [2.45, 2.75) is 44.5 Å². The summed E-state index contributed by atoms with van der Waals surface area (Å²) in [5, 5.41) is 3.74. The van der Waals surface area contributed by atoms with E-state index < -0.39 is 0 Å². The highest BCUT2D eigenvalue weighted by Gasteiger charge is 2.21. The van der Waals surface area contributed by atoms with Crippen LogP contribution in [0.1, 0.15) is 29.6 Å². The lowest BCUT2D eigenvalue weighted by Crippen LogP contribution is -2.36. The molecule has 1 unspecified atom stereocenters. The van der Waals surface area contributed by atoms with Crippen molar-refractivity contribution in [3.63, 3.8) is 0 Å². The van der Waals surface area contributed by atoms with Crippen LogP contribution in [0.4, 0.5) is 0 Å². The van der Waals surface area contributed by atoms with Crippen LogP contribution in [0, 0.1) is 0 Å². The number of H-pyrrole nitrogens is 1. The van der Waals surface area contributed by atoms with Crippen LogP contribution in [-0.4, -0.2) is 37.2 Å². The van der Waals surface area contributed by atoms with Gasteiger partial charge in [-0.3, -0.25) is 9.59 Å². The monoisotopic (exact) mass is 403 g/mol. The molecule has 7 nitrogen and oxygen atoms in total. The average Bonchev–Trinajstić information content (AvgIpc) is 3.31. The SMILES string of the molecule is CC(Cn1ccnc1)NC(=O)CSCc1nc2sc3c(c2c(=O)[nH]1)CCC3. The second-order valence-electron chi connectivity index (χ2n) is 6.77. The molecule has 0 spiro atoms. The van der Waals surface area contributed by atoms with E-state index in [4.69, 9.17) is 0 Å². The molecular weight excluding hydrogens is 382 g/mol. The Bertz CT molecular complexity index is 1010. The topological polar surface area (TPSA) is 92.7 Å². The average molecular weight is 404 g/mol. The van der Waals surface area contributed by atoms with Gasteiger partial charge in [-0.1, -0.05) is 0 Å². The molecule has 1 aliphatic rings. The summed E-state index contributed by atoms with van der Waals surface area (Å²) in [5.41, 5.74) is 1.14. The molecule has 0 radical (unpaired) electrons. The number of rotatable bonds is 7. The van der Waals surface area contributed by atoms with Gasteiger partial charge >= 0.3 is 0 Å². The number of nitrogens with zero attached hydrogens (tertiary/aromatic N) is 3. The fourth-order valence-corrected chi connectivity index (χ4v) is 5.41. The third-order valence-corrected chi connectivity index (χ3v) is 6.68. The Labute approximate surface area is 164 Å². The first kappa shape index (κ1) is 18.2. The summed E-state index contributed by atoms with van der Waals surface area (Å²) in [7, 11) is 0. The van der Waals surface area contributed by atoms with E-state index in [1.165, 1.54) is 22.2 Å². The van der Waals surface area contributed by atoms with Crippen molar-refractivity contribution < 1.29 is 4.79 Å². The van der Waals surface area contributed by atoms with E-state index in [1.807, 2.05) is 17.7 Å². The molecule has 4 rings (SSSR count). The Morgan fingerprint density at radius 2 is 2.37 bits per heavy atom. The summed E-state index contributed by atoms with van der Waals surface area (Å²) < 4.78 is 1.93. The minimum atomic E-state index is -0.0478. The third-order valence-electron chi connectivity index (χ3n) is 4.55. The first-order valence-electron chi connectivity index (χ1n) is 8.96. The van der Waals surface area contributed by atoms with E-state index in [-0.39, 0.29) is 17.5 Å². The van der Waals surface area contributed by atoms with Crippen molar-refractivity contribution in [2.24, 2.45) is 0 Å². The molecule has 0 fully saturated rings. The molecule has 3 aromatic rings. The zero-order valence-corrected chi connectivity index (χ0v) is 16.7. The summed E-state index contributed by atoms with van der Waals surface area (Å²) in [5.74, 6) is 1.46. The van der Waals surface area contributed by atoms with Gasteiger partial charge in [0.05, 0.1) is 23.2 Å². The standard InChI is InChI=1S/C18H21N5O2S2/c1-11(7-23-6-5-19-10-23)20-15(24)9-26-8-14-21-17(25)16-12-3-2-4-13(12)27-18(16)22-14/h5-6,10-11H,2-4,7-9H2,1H3,(H,20,24)(H,21,22,25). The lowest BCUT2D eigenvalue weighted by molar-refractivity contribution is -0.119. The first-order chi connectivity index (χ1) is 13.1. The van der Waals surface area contributed by atoms with Crippen LogP contribution in [0.2, 0.25) is 0 Å². The molecule has 0 saturated carbocycles. The van der Waals surface area contributed by atoms with Crippen LogP contribution < -0.4 is 10.9 Å². The van der Waals surface area contributed by atoms with Crippen molar-refractivity contribution >= 4 is 39.2 Å². The van der Waals surface area contributed by atoms with Crippen LogP contribution in [-0.2, 0) is 29.9 Å². The van der Waals surface area contributed by atoms with Gasteiger partial charge in [0.1, 0.15) is 10.7 Å². The van der Waals surface area contributed by atoms with Crippen molar-refractivity contribution in [3.8, 4) is 0 Å². The lowest BCUT2D eigenvalue weighted by Gasteiger charge is -2.14. The number of fused-ring (bicyclic) bond motifs is 3. The number of thiophene rings is 1. The van der Waals surface area contributed by atoms with Crippen LogP contribution >= 0.6 is 23.1 Å². The minimum Gasteiger partial charge on any atom is -0.351 e. The van der Waals surface area contributed by atoms with Crippen LogP contribution in [0.25, 0.3) is 10.2 Å². The van der Waals surface area contributed by atoms with Crippen molar-refractivity contribution in [3.05, 3.63) is 45.3 Å². The first-order valence-corrected chi connectivity index (χ1v) is 10.9. The summed E-state index contributed by atoms with van der Waals surface area (Å²) in [6.07, 6.45) is 8.48. The van der Waals surface area contributed by atoms with Gasteiger partial charge in [0.15, 0.2) is 0 Å². The van der Waals surface area contributed by atoms with Crippen molar-refractivity contribution in [1.82, 2.24) is 24.8 Å². The number of amides is 1. The zero-order valence-electron chi connectivity index (χ0n) is 15.0. The van der Waals surface area contributed by atoms with Crippen molar-refractivity contribution in [2.75, 3.05) is 5.75 Å². The van der Waals surface area contributed by atoms with Gasteiger partial charge in [0.25, 0.3) is 5.56 Å². The van der Waals surface area contributed by atoms with Crippen molar-refractivity contribution in [1.29, 1.82) is 0 Å². The number of hydrogen-bond acceptors (Lipinski definition) is 6. The van der Waals surface area contributed by atoms with Gasteiger partial charge in [0, 0.05) is 29.9 Å². The Balaban J connectivity index is 1.31. The molecule has 142 valence electrons.